The van der Waals surface area contributed by atoms with E-state index in [-0.39, 0.29) is 40.6 Å². The summed E-state index contributed by atoms with van der Waals surface area (Å²) in [6, 6.07) is 1.10. The molecule has 1 amide bonds. The molecule has 0 saturated carbocycles. The van der Waals surface area contributed by atoms with Crippen LogP contribution in [0.4, 0.5) is 10.6 Å². The van der Waals surface area contributed by atoms with Crippen molar-refractivity contribution in [3.63, 3.8) is 0 Å². The molecule has 2 atom stereocenters. The molecular weight excluding hydrogens is 505 g/mol. The van der Waals surface area contributed by atoms with Crippen LogP contribution in [0.1, 0.15) is 64.8 Å². The van der Waals surface area contributed by atoms with Gasteiger partial charge in [-0.25, -0.2) is 29.1 Å². The maximum absolute atomic E-state index is 13.8. The summed E-state index contributed by atoms with van der Waals surface area (Å²) in [6.45, 7) is 12.3. The summed E-state index contributed by atoms with van der Waals surface area (Å²) in [4.78, 5) is 46.7. The molecule has 192 valence electrons. The van der Waals surface area contributed by atoms with Crippen molar-refractivity contribution >= 4 is 46.1 Å². The Balaban J connectivity index is 2.04. The summed E-state index contributed by atoms with van der Waals surface area (Å²) >= 11 is 12.7. The van der Waals surface area contributed by atoms with Crippen molar-refractivity contribution in [3.8, 4) is 5.69 Å². The van der Waals surface area contributed by atoms with Gasteiger partial charge in [-0.05, 0) is 31.7 Å². The average Bonchev–Trinajstić information content (AvgIpc) is 2.80. The van der Waals surface area contributed by atoms with Gasteiger partial charge in [-0.3, -0.25) is 0 Å². The molecule has 0 spiro atoms. The van der Waals surface area contributed by atoms with Crippen LogP contribution in [-0.4, -0.2) is 65.8 Å². The third-order valence-corrected chi connectivity index (χ3v) is 7.13. The average molecular weight is 534 g/mol. The van der Waals surface area contributed by atoms with Crippen molar-refractivity contribution in [1.82, 2.24) is 29.4 Å². The molecule has 36 heavy (non-hydrogen) atoms. The number of carbonyl (C=O) groups is 1. The number of anilines is 1. The van der Waals surface area contributed by atoms with E-state index in [0.29, 0.717) is 40.5 Å². The molecule has 3 aromatic heterocycles. The Kier molecular flexibility index (Phi) is 7.12. The molecular formula is C24H29Cl2N7O3. The first-order valence-corrected chi connectivity index (χ1v) is 12.6. The molecule has 0 radical (unpaired) electrons. The fraction of sp³-hybridized carbons (Fsp3) is 0.500. The highest BCUT2D eigenvalue weighted by molar-refractivity contribution is 6.41. The molecule has 1 saturated heterocycles. The van der Waals surface area contributed by atoms with Gasteiger partial charge in [0.15, 0.2) is 5.65 Å². The van der Waals surface area contributed by atoms with Gasteiger partial charge in [0.25, 0.3) is 0 Å². The lowest BCUT2D eigenvalue weighted by Gasteiger charge is -2.43. The fourth-order valence-corrected chi connectivity index (χ4v) is 4.96. The maximum atomic E-state index is 13.8. The Hall–Kier alpha value is -2.98. The van der Waals surface area contributed by atoms with Crippen LogP contribution in [0, 0.1) is 0 Å². The Morgan fingerprint density at radius 3 is 2.19 bits per heavy atom. The Morgan fingerprint density at radius 1 is 1.03 bits per heavy atom. The van der Waals surface area contributed by atoms with Gasteiger partial charge >= 0.3 is 11.8 Å². The summed E-state index contributed by atoms with van der Waals surface area (Å²) in [5.74, 6) is 0.375. The van der Waals surface area contributed by atoms with Gasteiger partial charge in [-0.2, -0.15) is 4.98 Å². The second kappa shape index (κ2) is 9.82. The number of aromatic nitrogens is 5. The lowest BCUT2D eigenvalue weighted by Crippen LogP contribution is -2.58. The molecule has 2 unspecified atom stereocenters. The first-order chi connectivity index (χ1) is 16.9. The predicted molar refractivity (Wildman–Crippen MR) is 140 cm³/mol. The monoisotopic (exact) mass is 533 g/mol. The van der Waals surface area contributed by atoms with E-state index >= 15 is 0 Å². The first-order valence-electron chi connectivity index (χ1n) is 11.8. The lowest BCUT2D eigenvalue weighted by atomic mass is 10.0. The van der Waals surface area contributed by atoms with Crippen LogP contribution < -0.4 is 10.6 Å². The largest absolute Gasteiger partial charge is 0.465 e. The van der Waals surface area contributed by atoms with Crippen LogP contribution in [0.5, 0.6) is 0 Å². The predicted octanol–water partition coefficient (Wildman–Crippen LogP) is 4.70. The summed E-state index contributed by atoms with van der Waals surface area (Å²) in [5.41, 5.74) is 1.66. The van der Waals surface area contributed by atoms with Gasteiger partial charge in [0, 0.05) is 25.2 Å². The molecule has 1 fully saturated rings. The zero-order chi connectivity index (χ0) is 26.5. The van der Waals surface area contributed by atoms with E-state index in [4.69, 9.17) is 23.2 Å². The zero-order valence-corrected chi connectivity index (χ0v) is 22.5. The van der Waals surface area contributed by atoms with Crippen LogP contribution in [0.15, 0.2) is 17.2 Å². The number of amides is 1. The highest BCUT2D eigenvalue weighted by Gasteiger charge is 2.34. The number of hydrogen-bond donors (Lipinski definition) is 1. The second-order valence-corrected chi connectivity index (χ2v) is 10.5. The normalized spacial score (nSPS) is 18.5. The molecule has 1 aliphatic rings. The molecule has 0 aliphatic carbocycles. The first kappa shape index (κ1) is 26.1. The maximum Gasteiger partial charge on any atom is 0.407 e. The molecule has 0 bridgehead atoms. The minimum absolute atomic E-state index is 0.00475. The number of pyridine rings is 1. The topological polar surface area (TPSA) is 117 Å². The molecule has 4 heterocycles. The van der Waals surface area contributed by atoms with E-state index in [1.807, 2.05) is 46.4 Å². The van der Waals surface area contributed by atoms with Crippen molar-refractivity contribution < 1.29 is 9.90 Å². The van der Waals surface area contributed by atoms with Crippen molar-refractivity contribution in [2.75, 3.05) is 18.0 Å². The van der Waals surface area contributed by atoms with Crippen LogP contribution in [0.25, 0.3) is 16.7 Å². The summed E-state index contributed by atoms with van der Waals surface area (Å²) < 4.78 is 1.42. The molecule has 1 aliphatic heterocycles. The van der Waals surface area contributed by atoms with E-state index in [0.717, 1.165) is 0 Å². The molecule has 1 N–H and O–H groups in total. The van der Waals surface area contributed by atoms with E-state index < -0.39 is 11.8 Å². The van der Waals surface area contributed by atoms with Gasteiger partial charge in [0.1, 0.15) is 17.3 Å². The highest BCUT2D eigenvalue weighted by atomic mass is 35.5. The van der Waals surface area contributed by atoms with Crippen LogP contribution in [-0.2, 0) is 0 Å². The fourth-order valence-electron chi connectivity index (χ4n) is 4.67. The Bertz CT molecular complexity index is 1370. The summed E-state index contributed by atoms with van der Waals surface area (Å²) in [6.07, 6.45) is 0.524. The molecule has 12 heteroatoms. The standard InChI is InChI=1S/C24H29Cl2N7O3/c1-11(2)17-19(18(12(3)4)28-10-27-17)33-22-15(7-16(25)20(26)29-22)21(30-23(33)34)31-8-14(6)32(24(35)36)9-13(31)5/h7,10-14H,8-9H2,1-6H3,(H,35,36). The zero-order valence-electron chi connectivity index (χ0n) is 21.0. The van der Waals surface area contributed by atoms with Crippen molar-refractivity contribution in [2.24, 2.45) is 0 Å². The van der Waals surface area contributed by atoms with Gasteiger partial charge in [-0.15, -0.1) is 0 Å². The molecule has 0 aromatic carbocycles. The number of rotatable bonds is 4. The van der Waals surface area contributed by atoms with Gasteiger partial charge in [0.2, 0.25) is 0 Å². The van der Waals surface area contributed by atoms with Crippen LogP contribution >= 0.6 is 23.2 Å². The third kappa shape index (κ3) is 4.48. The number of halogens is 2. The summed E-state index contributed by atoms with van der Waals surface area (Å²) in [5, 5.41) is 10.4. The molecule has 4 rings (SSSR count). The van der Waals surface area contributed by atoms with Crippen molar-refractivity contribution in [1.29, 1.82) is 0 Å². The lowest BCUT2D eigenvalue weighted by molar-refractivity contribution is 0.114. The van der Waals surface area contributed by atoms with Gasteiger partial charge < -0.3 is 14.9 Å². The van der Waals surface area contributed by atoms with Crippen LogP contribution in [0.2, 0.25) is 10.2 Å². The second-order valence-electron chi connectivity index (χ2n) is 9.77. The quantitative estimate of drug-likeness (QED) is 0.479. The van der Waals surface area contributed by atoms with Crippen molar-refractivity contribution in [2.45, 2.75) is 65.5 Å². The van der Waals surface area contributed by atoms with E-state index in [9.17, 15) is 14.7 Å². The van der Waals surface area contributed by atoms with E-state index in [1.54, 1.807) is 6.07 Å². The van der Waals surface area contributed by atoms with Crippen LogP contribution in [0.3, 0.4) is 0 Å². The van der Waals surface area contributed by atoms with E-state index in [2.05, 4.69) is 19.9 Å². The summed E-state index contributed by atoms with van der Waals surface area (Å²) in [7, 11) is 0. The SMILES string of the molecule is CC(C)c1ncnc(C(C)C)c1-n1c(=O)nc(N2CC(C)N(C(=O)O)CC2C)c2cc(Cl)c(Cl)nc21. The number of nitrogens with zero attached hydrogens (tertiary/aromatic N) is 7. The van der Waals surface area contributed by atoms with Crippen molar-refractivity contribution in [3.05, 3.63) is 44.4 Å². The minimum atomic E-state index is -0.981. The number of piperazine rings is 1. The molecule has 3 aromatic rings. The van der Waals surface area contributed by atoms with Gasteiger partial charge in [0.05, 0.1) is 27.5 Å². The smallest absolute Gasteiger partial charge is 0.407 e. The highest BCUT2D eigenvalue weighted by Crippen LogP contribution is 2.35. The number of hydrogen-bond acceptors (Lipinski definition) is 7. The molecule has 10 nitrogen and oxygen atoms in total. The third-order valence-electron chi connectivity index (χ3n) is 6.46. The van der Waals surface area contributed by atoms with E-state index in [1.165, 1.54) is 15.8 Å². The minimum Gasteiger partial charge on any atom is -0.465 e. The Labute approximate surface area is 218 Å². The number of carboxylic acid groups (broad SMARTS) is 1. The number of fused-ring (bicyclic) bond motifs is 1. The Morgan fingerprint density at radius 2 is 1.64 bits per heavy atom. The van der Waals surface area contributed by atoms with Gasteiger partial charge in [-0.1, -0.05) is 50.9 Å².